The molecule has 124 valence electrons. The number of rotatable bonds is 5. The van der Waals surface area contributed by atoms with Crippen LogP contribution in [0.15, 0.2) is 0 Å². The molecule has 0 aromatic carbocycles. The Kier molecular flexibility index (Phi) is 6.08. The Morgan fingerprint density at radius 3 is 2.36 bits per heavy atom. The van der Waals surface area contributed by atoms with Gasteiger partial charge in [-0.2, -0.15) is 0 Å². The average molecular weight is 313 g/mol. The van der Waals surface area contributed by atoms with Crippen LogP contribution in [-0.2, 0) is 23.9 Å². The smallest absolute Gasteiger partial charge is 0.410 e. The number of amides is 1. The molecule has 0 spiro atoms. The molecule has 0 aromatic rings. The molecule has 1 aliphatic rings. The van der Waals surface area contributed by atoms with Crippen LogP contribution in [0, 0.1) is 0 Å². The van der Waals surface area contributed by atoms with Gasteiger partial charge in [0.05, 0.1) is 19.1 Å². The minimum Gasteiger partial charge on any atom is -0.460 e. The largest absolute Gasteiger partial charge is 0.460 e. The van der Waals surface area contributed by atoms with Crippen LogP contribution in [0.1, 0.15) is 47.0 Å². The summed E-state index contributed by atoms with van der Waals surface area (Å²) in [5.74, 6) is -2.36. The Balaban J connectivity index is 2.66. The molecule has 1 amide bonds. The first kappa shape index (κ1) is 18.1. The van der Waals surface area contributed by atoms with E-state index in [4.69, 9.17) is 4.74 Å². The Hall–Kier alpha value is -1.92. The third-order valence-electron chi connectivity index (χ3n) is 3.09. The first-order chi connectivity index (χ1) is 10.2. The van der Waals surface area contributed by atoms with Gasteiger partial charge in [0.25, 0.3) is 0 Å². The molecule has 1 unspecified atom stereocenters. The molecule has 1 rings (SSSR count). The molecule has 0 bridgehead atoms. The summed E-state index contributed by atoms with van der Waals surface area (Å²) in [6.07, 6.45) is -0.00724. The molecule has 1 aliphatic heterocycles. The lowest BCUT2D eigenvalue weighted by Crippen LogP contribution is -2.44. The fourth-order valence-corrected chi connectivity index (χ4v) is 2.20. The van der Waals surface area contributed by atoms with Gasteiger partial charge in [-0.25, -0.2) is 9.59 Å². The van der Waals surface area contributed by atoms with Crippen molar-refractivity contribution in [1.29, 1.82) is 0 Å². The van der Waals surface area contributed by atoms with Gasteiger partial charge in [-0.05, 0) is 40.5 Å². The molecule has 0 radical (unpaired) electrons. The van der Waals surface area contributed by atoms with Crippen molar-refractivity contribution in [2.45, 2.75) is 58.6 Å². The molecule has 0 saturated carbocycles. The van der Waals surface area contributed by atoms with Crippen molar-refractivity contribution in [3.05, 3.63) is 0 Å². The highest BCUT2D eigenvalue weighted by atomic mass is 16.6. The van der Waals surface area contributed by atoms with E-state index in [0.29, 0.717) is 19.4 Å². The predicted octanol–water partition coefficient (Wildman–Crippen LogP) is 1.48. The number of hydrogen-bond acceptors (Lipinski definition) is 6. The second kappa shape index (κ2) is 7.38. The summed E-state index contributed by atoms with van der Waals surface area (Å²) in [7, 11) is 0. The van der Waals surface area contributed by atoms with Gasteiger partial charge in [0.15, 0.2) is 5.78 Å². The van der Waals surface area contributed by atoms with E-state index in [0.717, 1.165) is 0 Å². The van der Waals surface area contributed by atoms with E-state index in [1.54, 1.807) is 27.7 Å². The van der Waals surface area contributed by atoms with E-state index in [9.17, 15) is 19.2 Å². The standard InChI is InChI=1S/C15H23NO6/c1-5-21-13(19)12(18)9-11(17)10-7-6-8-16(10)14(20)22-15(2,3)4/h10H,5-9H2,1-4H3. The number of Topliss-reactive ketones (excluding diaryl/α,β-unsaturated/α-hetero) is 2. The molecule has 1 saturated heterocycles. The predicted molar refractivity (Wildman–Crippen MR) is 77.2 cm³/mol. The van der Waals surface area contributed by atoms with E-state index >= 15 is 0 Å². The fourth-order valence-electron chi connectivity index (χ4n) is 2.20. The summed E-state index contributed by atoms with van der Waals surface area (Å²) in [6.45, 7) is 7.27. The fraction of sp³-hybridized carbons (Fsp3) is 0.733. The van der Waals surface area contributed by atoms with Crippen LogP contribution < -0.4 is 0 Å². The van der Waals surface area contributed by atoms with Crippen molar-refractivity contribution in [3.8, 4) is 0 Å². The molecule has 1 atom stereocenters. The van der Waals surface area contributed by atoms with Crippen LogP contribution in [0.2, 0.25) is 0 Å². The van der Waals surface area contributed by atoms with Crippen molar-refractivity contribution < 1.29 is 28.7 Å². The van der Waals surface area contributed by atoms with Gasteiger partial charge in [-0.15, -0.1) is 0 Å². The molecule has 22 heavy (non-hydrogen) atoms. The van der Waals surface area contributed by atoms with E-state index in [1.807, 2.05) is 0 Å². The van der Waals surface area contributed by atoms with Crippen LogP contribution in [0.4, 0.5) is 4.79 Å². The van der Waals surface area contributed by atoms with Gasteiger partial charge in [0.2, 0.25) is 5.78 Å². The highest BCUT2D eigenvalue weighted by Crippen LogP contribution is 2.22. The summed E-state index contributed by atoms with van der Waals surface area (Å²) in [5, 5.41) is 0. The number of ether oxygens (including phenoxy) is 2. The molecule has 1 fully saturated rings. The molecule has 7 heteroatoms. The molecular formula is C15H23NO6. The summed E-state index contributed by atoms with van der Waals surface area (Å²) >= 11 is 0. The number of likely N-dealkylation sites (tertiary alicyclic amines) is 1. The summed E-state index contributed by atoms with van der Waals surface area (Å²) in [5.41, 5.74) is -0.659. The number of nitrogens with zero attached hydrogens (tertiary/aromatic N) is 1. The molecule has 0 aromatic heterocycles. The first-order valence-corrected chi connectivity index (χ1v) is 7.38. The van der Waals surface area contributed by atoms with Crippen molar-refractivity contribution in [2.75, 3.05) is 13.2 Å². The van der Waals surface area contributed by atoms with Gasteiger partial charge in [0, 0.05) is 6.54 Å². The lowest BCUT2D eigenvalue weighted by atomic mass is 10.1. The Labute approximate surface area is 129 Å². The zero-order valence-electron chi connectivity index (χ0n) is 13.5. The van der Waals surface area contributed by atoms with Crippen LogP contribution in [-0.4, -0.2) is 53.3 Å². The number of carbonyl (C=O) groups excluding carboxylic acids is 4. The van der Waals surface area contributed by atoms with Gasteiger partial charge < -0.3 is 9.47 Å². The third-order valence-corrected chi connectivity index (χ3v) is 3.09. The van der Waals surface area contributed by atoms with E-state index in [1.165, 1.54) is 4.90 Å². The van der Waals surface area contributed by atoms with E-state index in [-0.39, 0.29) is 6.61 Å². The number of carbonyl (C=O) groups is 4. The van der Waals surface area contributed by atoms with E-state index < -0.39 is 41.7 Å². The highest BCUT2D eigenvalue weighted by Gasteiger charge is 2.37. The van der Waals surface area contributed by atoms with Gasteiger partial charge in [-0.3, -0.25) is 14.5 Å². The normalized spacial score (nSPS) is 18.0. The van der Waals surface area contributed by atoms with Gasteiger partial charge in [0.1, 0.15) is 5.60 Å². The van der Waals surface area contributed by atoms with E-state index in [2.05, 4.69) is 4.74 Å². The lowest BCUT2D eigenvalue weighted by molar-refractivity contribution is -0.154. The van der Waals surface area contributed by atoms with Crippen molar-refractivity contribution in [1.82, 2.24) is 4.90 Å². The average Bonchev–Trinajstić information content (AvgIpc) is 2.86. The monoisotopic (exact) mass is 313 g/mol. The SMILES string of the molecule is CCOC(=O)C(=O)CC(=O)C1CCCN1C(=O)OC(C)(C)C. The summed E-state index contributed by atoms with van der Waals surface area (Å²) < 4.78 is 9.81. The molecular weight excluding hydrogens is 290 g/mol. The van der Waals surface area contributed by atoms with Crippen molar-refractivity contribution >= 4 is 23.6 Å². The van der Waals surface area contributed by atoms with Gasteiger partial charge >= 0.3 is 12.1 Å². The molecule has 0 aliphatic carbocycles. The number of ketones is 2. The topological polar surface area (TPSA) is 90.0 Å². The van der Waals surface area contributed by atoms with Gasteiger partial charge in [-0.1, -0.05) is 0 Å². The Morgan fingerprint density at radius 1 is 1.18 bits per heavy atom. The van der Waals surface area contributed by atoms with Crippen LogP contribution in [0.5, 0.6) is 0 Å². The van der Waals surface area contributed by atoms with Crippen molar-refractivity contribution in [3.63, 3.8) is 0 Å². The molecule has 7 nitrogen and oxygen atoms in total. The summed E-state index contributed by atoms with van der Waals surface area (Å²) in [6, 6.07) is -0.715. The number of esters is 1. The lowest BCUT2D eigenvalue weighted by Gasteiger charge is -2.27. The zero-order valence-corrected chi connectivity index (χ0v) is 13.5. The third kappa shape index (κ3) is 5.13. The minimum absolute atomic E-state index is 0.0756. The Morgan fingerprint density at radius 2 is 1.82 bits per heavy atom. The second-order valence-corrected chi connectivity index (χ2v) is 6.12. The molecule has 0 N–H and O–H groups in total. The maximum Gasteiger partial charge on any atom is 0.410 e. The zero-order chi connectivity index (χ0) is 16.9. The maximum absolute atomic E-state index is 12.2. The van der Waals surface area contributed by atoms with Crippen LogP contribution in [0.3, 0.4) is 0 Å². The van der Waals surface area contributed by atoms with Crippen LogP contribution >= 0.6 is 0 Å². The maximum atomic E-state index is 12.2. The quantitative estimate of drug-likeness (QED) is 0.434. The summed E-state index contributed by atoms with van der Waals surface area (Å²) in [4.78, 5) is 48.4. The second-order valence-electron chi connectivity index (χ2n) is 6.12. The minimum atomic E-state index is -1.02. The number of hydrogen-bond donors (Lipinski definition) is 0. The molecule has 1 heterocycles. The Bertz CT molecular complexity index is 465. The van der Waals surface area contributed by atoms with Crippen LogP contribution in [0.25, 0.3) is 0 Å². The van der Waals surface area contributed by atoms with Crippen molar-refractivity contribution in [2.24, 2.45) is 0 Å². The highest BCUT2D eigenvalue weighted by molar-refractivity contribution is 6.37. The first-order valence-electron chi connectivity index (χ1n) is 7.38.